The van der Waals surface area contributed by atoms with Crippen LogP contribution >= 0.6 is 0 Å². The standard InChI is InChI=1S/C7H16N2O2/c1-6(10)7(8)9-2-4-11-5-3-9/h6-7,10H,2-5,8H2,1H3. The van der Waals surface area contributed by atoms with E-state index in [1.807, 2.05) is 4.90 Å². The van der Waals surface area contributed by atoms with Crippen LogP contribution < -0.4 is 5.73 Å². The summed E-state index contributed by atoms with van der Waals surface area (Å²) >= 11 is 0. The molecule has 0 aromatic rings. The molecule has 0 saturated carbocycles. The number of ether oxygens (including phenoxy) is 1. The molecule has 1 heterocycles. The van der Waals surface area contributed by atoms with Crippen LogP contribution in [0.1, 0.15) is 6.92 Å². The van der Waals surface area contributed by atoms with Gasteiger partial charge in [0.1, 0.15) is 0 Å². The van der Waals surface area contributed by atoms with Crippen molar-refractivity contribution < 1.29 is 9.84 Å². The Hall–Kier alpha value is -0.160. The molecule has 1 fully saturated rings. The second-order valence-corrected chi connectivity index (χ2v) is 2.88. The predicted molar refractivity (Wildman–Crippen MR) is 42.0 cm³/mol. The normalized spacial score (nSPS) is 26.5. The average molecular weight is 160 g/mol. The molecule has 3 N–H and O–H groups in total. The van der Waals surface area contributed by atoms with Gasteiger partial charge in [-0.1, -0.05) is 0 Å². The predicted octanol–water partition coefficient (Wildman–Crippen LogP) is -1.02. The van der Waals surface area contributed by atoms with Gasteiger partial charge in [0, 0.05) is 13.1 Å². The highest BCUT2D eigenvalue weighted by Crippen LogP contribution is 2.02. The molecule has 1 rings (SSSR count). The van der Waals surface area contributed by atoms with Crippen molar-refractivity contribution in [2.45, 2.75) is 19.2 Å². The number of rotatable bonds is 2. The van der Waals surface area contributed by atoms with Gasteiger partial charge in [-0.05, 0) is 6.92 Å². The Morgan fingerprint density at radius 2 is 2.00 bits per heavy atom. The monoisotopic (exact) mass is 160 g/mol. The first-order valence-corrected chi connectivity index (χ1v) is 3.97. The number of aliphatic hydroxyl groups excluding tert-OH is 1. The Kier molecular flexibility index (Phi) is 3.26. The Bertz CT molecular complexity index is 113. The maximum atomic E-state index is 9.17. The lowest BCUT2D eigenvalue weighted by Gasteiger charge is -2.33. The summed E-state index contributed by atoms with van der Waals surface area (Å²) in [7, 11) is 0. The molecule has 4 nitrogen and oxygen atoms in total. The second-order valence-electron chi connectivity index (χ2n) is 2.88. The molecule has 0 aliphatic carbocycles. The van der Waals surface area contributed by atoms with Crippen molar-refractivity contribution in [2.24, 2.45) is 5.73 Å². The molecular weight excluding hydrogens is 144 g/mol. The number of aliphatic hydroxyl groups is 1. The highest BCUT2D eigenvalue weighted by atomic mass is 16.5. The molecule has 0 aromatic carbocycles. The van der Waals surface area contributed by atoms with E-state index in [1.54, 1.807) is 6.92 Å². The molecule has 1 saturated heterocycles. The molecule has 0 radical (unpaired) electrons. The Labute approximate surface area is 66.9 Å². The SMILES string of the molecule is CC(O)C(N)N1CCOCC1. The Balaban J connectivity index is 2.32. The van der Waals surface area contributed by atoms with E-state index in [1.165, 1.54) is 0 Å². The molecule has 2 unspecified atom stereocenters. The van der Waals surface area contributed by atoms with Crippen molar-refractivity contribution >= 4 is 0 Å². The largest absolute Gasteiger partial charge is 0.390 e. The minimum Gasteiger partial charge on any atom is -0.390 e. The van der Waals surface area contributed by atoms with Gasteiger partial charge in [0.05, 0.1) is 25.5 Å². The quantitative estimate of drug-likeness (QED) is 0.543. The third-order valence-electron chi connectivity index (χ3n) is 1.96. The lowest BCUT2D eigenvalue weighted by Crippen LogP contribution is -2.53. The summed E-state index contributed by atoms with van der Waals surface area (Å²) in [5.41, 5.74) is 5.71. The van der Waals surface area contributed by atoms with E-state index in [-0.39, 0.29) is 6.17 Å². The summed E-state index contributed by atoms with van der Waals surface area (Å²) in [6, 6.07) is 0. The highest BCUT2D eigenvalue weighted by molar-refractivity contribution is 4.72. The van der Waals surface area contributed by atoms with Crippen molar-refractivity contribution in [3.05, 3.63) is 0 Å². The zero-order chi connectivity index (χ0) is 8.27. The molecule has 0 aromatic heterocycles. The van der Waals surface area contributed by atoms with Gasteiger partial charge in [-0.2, -0.15) is 0 Å². The van der Waals surface area contributed by atoms with Crippen LogP contribution in [0.3, 0.4) is 0 Å². The van der Waals surface area contributed by atoms with Gasteiger partial charge in [-0.25, -0.2) is 0 Å². The lowest BCUT2D eigenvalue weighted by atomic mass is 10.2. The zero-order valence-electron chi connectivity index (χ0n) is 6.86. The van der Waals surface area contributed by atoms with Crippen LogP contribution in [0.4, 0.5) is 0 Å². The van der Waals surface area contributed by atoms with Gasteiger partial charge in [-0.3, -0.25) is 4.90 Å². The summed E-state index contributed by atoms with van der Waals surface area (Å²) in [6.45, 7) is 4.80. The molecule has 0 amide bonds. The molecule has 0 spiro atoms. The van der Waals surface area contributed by atoms with Crippen molar-refractivity contribution in [1.29, 1.82) is 0 Å². The second kappa shape index (κ2) is 4.01. The first-order chi connectivity index (χ1) is 5.22. The topological polar surface area (TPSA) is 58.7 Å². The van der Waals surface area contributed by atoms with E-state index in [0.717, 1.165) is 26.3 Å². The molecule has 11 heavy (non-hydrogen) atoms. The van der Waals surface area contributed by atoms with E-state index in [0.29, 0.717) is 0 Å². The molecular formula is C7H16N2O2. The van der Waals surface area contributed by atoms with E-state index in [4.69, 9.17) is 15.6 Å². The third kappa shape index (κ3) is 2.41. The Morgan fingerprint density at radius 1 is 1.45 bits per heavy atom. The molecule has 0 bridgehead atoms. The first-order valence-electron chi connectivity index (χ1n) is 3.97. The van der Waals surface area contributed by atoms with E-state index in [2.05, 4.69) is 0 Å². The minimum atomic E-state index is -0.465. The van der Waals surface area contributed by atoms with Crippen LogP contribution in [0, 0.1) is 0 Å². The van der Waals surface area contributed by atoms with Crippen LogP contribution in [0.25, 0.3) is 0 Å². The first kappa shape index (κ1) is 8.93. The summed E-state index contributed by atoms with van der Waals surface area (Å²) in [5.74, 6) is 0. The summed E-state index contributed by atoms with van der Waals surface area (Å²) in [6.07, 6.45) is -0.702. The number of morpholine rings is 1. The number of nitrogens with zero attached hydrogens (tertiary/aromatic N) is 1. The van der Waals surface area contributed by atoms with Gasteiger partial charge in [0.2, 0.25) is 0 Å². The maximum absolute atomic E-state index is 9.17. The van der Waals surface area contributed by atoms with Gasteiger partial charge >= 0.3 is 0 Å². The van der Waals surface area contributed by atoms with Crippen molar-refractivity contribution in [3.63, 3.8) is 0 Å². The zero-order valence-corrected chi connectivity index (χ0v) is 6.86. The molecule has 66 valence electrons. The molecule has 4 heteroatoms. The van der Waals surface area contributed by atoms with Crippen LogP contribution in [-0.4, -0.2) is 48.6 Å². The fourth-order valence-electron chi connectivity index (χ4n) is 1.18. The van der Waals surface area contributed by atoms with Gasteiger partial charge in [0.15, 0.2) is 0 Å². The van der Waals surface area contributed by atoms with Crippen LogP contribution in [0.15, 0.2) is 0 Å². The minimum absolute atomic E-state index is 0.237. The van der Waals surface area contributed by atoms with Gasteiger partial charge in [-0.15, -0.1) is 0 Å². The average Bonchev–Trinajstić information content (AvgIpc) is 2.05. The van der Waals surface area contributed by atoms with Crippen LogP contribution in [0.2, 0.25) is 0 Å². The third-order valence-corrected chi connectivity index (χ3v) is 1.96. The number of hydrogen-bond donors (Lipinski definition) is 2. The van der Waals surface area contributed by atoms with Crippen LogP contribution in [0.5, 0.6) is 0 Å². The fraction of sp³-hybridized carbons (Fsp3) is 1.00. The highest BCUT2D eigenvalue weighted by Gasteiger charge is 2.20. The van der Waals surface area contributed by atoms with E-state index in [9.17, 15) is 0 Å². The molecule has 1 aliphatic rings. The van der Waals surface area contributed by atoms with E-state index < -0.39 is 6.10 Å². The van der Waals surface area contributed by atoms with Crippen molar-refractivity contribution in [3.8, 4) is 0 Å². The van der Waals surface area contributed by atoms with Gasteiger partial charge < -0.3 is 15.6 Å². The summed E-state index contributed by atoms with van der Waals surface area (Å²) in [5, 5.41) is 9.17. The summed E-state index contributed by atoms with van der Waals surface area (Å²) in [4.78, 5) is 2.04. The number of hydrogen-bond acceptors (Lipinski definition) is 4. The van der Waals surface area contributed by atoms with Gasteiger partial charge in [0.25, 0.3) is 0 Å². The fourth-order valence-corrected chi connectivity index (χ4v) is 1.18. The van der Waals surface area contributed by atoms with Crippen molar-refractivity contribution in [2.75, 3.05) is 26.3 Å². The maximum Gasteiger partial charge on any atom is 0.0838 e. The molecule has 2 atom stereocenters. The smallest absolute Gasteiger partial charge is 0.0838 e. The van der Waals surface area contributed by atoms with Crippen molar-refractivity contribution in [1.82, 2.24) is 4.90 Å². The lowest BCUT2D eigenvalue weighted by molar-refractivity contribution is -0.0149. The summed E-state index contributed by atoms with van der Waals surface area (Å²) < 4.78 is 5.15. The van der Waals surface area contributed by atoms with Crippen LogP contribution in [-0.2, 0) is 4.74 Å². The number of nitrogens with two attached hydrogens (primary N) is 1. The van der Waals surface area contributed by atoms with E-state index >= 15 is 0 Å². The molecule has 1 aliphatic heterocycles. The Morgan fingerprint density at radius 3 is 2.45 bits per heavy atom.